The van der Waals surface area contributed by atoms with Crippen molar-refractivity contribution in [3.63, 3.8) is 0 Å². The van der Waals surface area contributed by atoms with Crippen LogP contribution in [0.1, 0.15) is 6.92 Å². The highest BCUT2D eigenvalue weighted by molar-refractivity contribution is 7.23. The first-order valence-corrected chi connectivity index (χ1v) is 23.2. The molecule has 2 N–H and O–H groups in total. The first-order valence-electron chi connectivity index (χ1n) is 23.2. The van der Waals surface area contributed by atoms with E-state index in [1.54, 1.807) is 0 Å². The van der Waals surface area contributed by atoms with Crippen molar-refractivity contribution in [2.75, 3.05) is 13.6 Å². The Hall–Kier alpha value is -8.70. The van der Waals surface area contributed by atoms with Crippen molar-refractivity contribution in [2.24, 2.45) is 0 Å². The van der Waals surface area contributed by atoms with Gasteiger partial charge >= 0.3 is 0 Å². The van der Waals surface area contributed by atoms with Gasteiger partial charge in [-0.1, -0.05) is 24.3 Å². The Morgan fingerprint density at radius 3 is 0.706 bits per heavy atom. The highest BCUT2D eigenvalue weighted by Gasteiger charge is 2.49. The van der Waals surface area contributed by atoms with Crippen LogP contribution >= 0.6 is 0 Å². The van der Waals surface area contributed by atoms with Crippen LogP contribution in [-0.2, 0) is 0 Å². The molecule has 0 saturated heterocycles. The summed E-state index contributed by atoms with van der Waals surface area (Å²) < 4.78 is 422. The summed E-state index contributed by atoms with van der Waals surface area (Å²) in [6, 6.07) is 0.176. The smallest absolute Gasteiger partial charge is 0.200 e. The fraction of sp³-hybridized carbons (Fsp3) is 0.0545. The molecule has 30 heteroatoms. The van der Waals surface area contributed by atoms with Gasteiger partial charge in [0.15, 0.2) is 134 Å². The quantitative estimate of drug-likeness (QED) is 0.0740. The molecule has 10 aromatic rings. The van der Waals surface area contributed by atoms with E-state index in [2.05, 4.69) is 19.3 Å². The number of halogens is 28. The van der Waals surface area contributed by atoms with Crippen LogP contribution in [0.25, 0.3) is 54.2 Å². The van der Waals surface area contributed by atoms with Gasteiger partial charge < -0.3 is 5.32 Å². The van der Waals surface area contributed by atoms with E-state index >= 15 is 70.2 Å². The topological polar surface area (TPSA) is 16.6 Å². The molecule has 0 bridgehead atoms. The molecule has 0 aliphatic rings. The molecule has 0 unspecified atom stereocenters. The Morgan fingerprint density at radius 2 is 0.459 bits per heavy atom. The van der Waals surface area contributed by atoms with Crippen molar-refractivity contribution in [3.05, 3.63) is 224 Å². The standard InChI is InChI=1S/C40H8BF20.C12H2F8.C3H9N/c42-13-5-1-9-17(25(13)46)29(50)37(58)33(54)21(9)41(22-10-2-6-14(43)26(47)18(10)30(51)38(59)34(22)55,23-11-3-7-15(44)27(48)19(11)31(52)39(60)35(23)56)24-12-4-8-16(45)28(49)20(12)32(53)40(61)36(24)57;13-4-2-1-3(6(14)7(4)15)5-8(16)10(18)12(20)11(19)9(5)17;1-3-4-2/h1-8H;1-2H;4H,3H2,1-2H3/q-1;;/p+1. The van der Waals surface area contributed by atoms with Gasteiger partial charge in [-0.05, 0) is 64.9 Å². The highest BCUT2D eigenvalue weighted by Crippen LogP contribution is 2.39. The van der Waals surface area contributed by atoms with E-state index in [4.69, 9.17) is 0 Å². The average Bonchev–Trinajstić information content (AvgIpc) is 0.717. The molecular formula is C55H20BF28N. The molecule has 0 radical (unpaired) electrons. The molecule has 0 spiro atoms. The number of fused-ring (bicyclic) bond motifs is 4. The maximum absolute atomic E-state index is 17.3. The first kappa shape index (κ1) is 62.4. The molecule has 0 heterocycles. The summed E-state index contributed by atoms with van der Waals surface area (Å²) in [5.74, 6) is -72.4. The second-order valence-corrected chi connectivity index (χ2v) is 17.9. The second kappa shape index (κ2) is 22.7. The van der Waals surface area contributed by atoms with Gasteiger partial charge in [0.2, 0.25) is 5.82 Å². The van der Waals surface area contributed by atoms with Crippen LogP contribution in [0.15, 0.2) is 60.7 Å². The molecule has 0 saturated carbocycles. The van der Waals surface area contributed by atoms with Crippen molar-refractivity contribution in [3.8, 4) is 11.1 Å². The maximum atomic E-state index is 17.3. The summed E-state index contributed by atoms with van der Waals surface area (Å²) in [6.07, 6.45) is -6.29. The molecule has 1 nitrogen and oxygen atoms in total. The van der Waals surface area contributed by atoms with Gasteiger partial charge in [-0.15, -0.1) is 21.9 Å². The zero-order valence-corrected chi connectivity index (χ0v) is 41.2. The van der Waals surface area contributed by atoms with Gasteiger partial charge in [-0.25, -0.2) is 123 Å². The first-order chi connectivity index (χ1) is 39.8. The third-order valence-electron chi connectivity index (χ3n) is 13.6. The Morgan fingerprint density at radius 1 is 0.247 bits per heavy atom. The van der Waals surface area contributed by atoms with Crippen LogP contribution < -0.4 is 27.2 Å². The number of benzene rings is 10. The summed E-state index contributed by atoms with van der Waals surface area (Å²) in [5, 5.41) is -14.1. The Bertz CT molecular complexity index is 4040. The third kappa shape index (κ3) is 9.24. The van der Waals surface area contributed by atoms with E-state index in [-0.39, 0.29) is 48.5 Å². The van der Waals surface area contributed by atoms with Crippen molar-refractivity contribution in [1.82, 2.24) is 0 Å². The number of hydrogen-bond acceptors (Lipinski definition) is 0. The fourth-order valence-corrected chi connectivity index (χ4v) is 9.85. The van der Waals surface area contributed by atoms with Gasteiger partial charge in [-0.2, -0.15) is 0 Å². The second-order valence-electron chi connectivity index (χ2n) is 17.9. The van der Waals surface area contributed by atoms with Crippen LogP contribution in [0, 0.1) is 163 Å². The predicted octanol–water partition coefficient (Wildman–Crippen LogP) is 14.1. The Kier molecular flexibility index (Phi) is 16.7. The lowest BCUT2D eigenvalue weighted by Gasteiger charge is -2.47. The van der Waals surface area contributed by atoms with E-state index < -0.39 is 245 Å². The van der Waals surface area contributed by atoms with Gasteiger partial charge in [0.05, 0.1) is 40.7 Å². The van der Waals surface area contributed by atoms with Crippen LogP contribution in [0.5, 0.6) is 0 Å². The van der Waals surface area contributed by atoms with Crippen LogP contribution in [0.3, 0.4) is 0 Å². The molecular weight excluding hydrogens is 1220 g/mol. The van der Waals surface area contributed by atoms with Gasteiger partial charge in [0.1, 0.15) is 29.4 Å². The molecule has 0 amide bonds. The van der Waals surface area contributed by atoms with E-state index in [1.807, 2.05) is 0 Å². The highest BCUT2D eigenvalue weighted by atomic mass is 19.2. The summed E-state index contributed by atoms with van der Waals surface area (Å²) >= 11 is 0. The minimum Gasteiger partial charge on any atom is -0.349 e. The maximum Gasteiger partial charge on any atom is 0.200 e. The normalized spacial score (nSPS) is 11.7. The van der Waals surface area contributed by atoms with Crippen LogP contribution in [0.4, 0.5) is 123 Å². The number of rotatable bonds is 6. The SMILES string of the molecule is CC[NH2+]C.Fc1ccc(-c2c(F)c(F)c(F)c(F)c2F)c(F)c1F.Fc1ccc2c([B-](c3c(F)c(F)c(F)c4c(F)c(F)ccc34)(c3c(F)c(F)c(F)c4c(F)c(F)ccc34)c3c(F)c(F)c(F)c4c(F)c(F)ccc34)c(F)c(F)c(F)c2c1F. The minimum atomic E-state index is -6.29. The predicted molar refractivity (Wildman–Crippen MR) is 249 cm³/mol. The molecule has 0 aromatic heterocycles. The van der Waals surface area contributed by atoms with Gasteiger partial charge in [-0.3, -0.25) is 0 Å². The van der Waals surface area contributed by atoms with Crippen LogP contribution in [-0.4, -0.2) is 19.7 Å². The Labute approximate surface area is 453 Å². The molecule has 85 heavy (non-hydrogen) atoms. The fourth-order valence-electron chi connectivity index (χ4n) is 9.85. The molecule has 0 atom stereocenters. The van der Waals surface area contributed by atoms with E-state index in [0.717, 1.165) is 0 Å². The van der Waals surface area contributed by atoms with Crippen molar-refractivity contribution in [1.29, 1.82) is 0 Å². The lowest BCUT2D eigenvalue weighted by atomic mass is 9.11. The summed E-state index contributed by atoms with van der Waals surface area (Å²) in [4.78, 5) is 0. The van der Waals surface area contributed by atoms with E-state index in [0.29, 0.717) is 12.1 Å². The number of hydrogen-bond donors (Lipinski definition) is 1. The monoisotopic (exact) mass is 1240 g/mol. The lowest BCUT2D eigenvalue weighted by molar-refractivity contribution is -0.623. The number of quaternary nitrogens is 1. The molecule has 10 aromatic carbocycles. The van der Waals surface area contributed by atoms with Gasteiger partial charge in [0.25, 0.3) is 0 Å². The van der Waals surface area contributed by atoms with Crippen molar-refractivity contribution < 1.29 is 128 Å². The molecule has 0 aliphatic carbocycles. The molecule has 0 aliphatic heterocycles. The summed E-state index contributed by atoms with van der Waals surface area (Å²) in [6.45, 7) is 3.32. The zero-order valence-electron chi connectivity index (χ0n) is 41.2. The molecule has 10 rings (SSSR count). The number of nitrogens with two attached hydrogens (primary N) is 1. The van der Waals surface area contributed by atoms with E-state index in [1.165, 1.54) is 6.54 Å². The molecule has 444 valence electrons. The van der Waals surface area contributed by atoms with Gasteiger partial charge in [0, 0.05) is 5.56 Å². The molecule has 0 fully saturated rings. The van der Waals surface area contributed by atoms with Crippen molar-refractivity contribution >= 4 is 71.1 Å². The lowest BCUT2D eigenvalue weighted by Crippen LogP contribution is -2.78. The average molecular weight is 1240 g/mol. The Balaban J connectivity index is 0.000000326. The summed E-state index contributed by atoms with van der Waals surface area (Å²) in [7, 11) is 2.06. The van der Waals surface area contributed by atoms with E-state index in [9.17, 15) is 52.7 Å². The minimum absolute atomic E-state index is 0.0220. The van der Waals surface area contributed by atoms with Crippen molar-refractivity contribution in [2.45, 2.75) is 6.92 Å². The van der Waals surface area contributed by atoms with Crippen LogP contribution in [0.2, 0.25) is 0 Å². The third-order valence-corrected chi connectivity index (χ3v) is 13.6. The summed E-state index contributed by atoms with van der Waals surface area (Å²) in [5.41, 5.74) is -12.7. The zero-order chi connectivity index (χ0) is 63.2. The largest absolute Gasteiger partial charge is 0.349 e.